The van der Waals surface area contributed by atoms with Gasteiger partial charge in [0, 0.05) is 17.3 Å². The fourth-order valence-corrected chi connectivity index (χ4v) is 2.50. The van der Waals surface area contributed by atoms with Gasteiger partial charge in [0.1, 0.15) is 0 Å². The van der Waals surface area contributed by atoms with Crippen LogP contribution in [-0.4, -0.2) is 23.5 Å². The minimum absolute atomic E-state index is 0.0292. The van der Waals surface area contributed by atoms with Crippen LogP contribution >= 0.6 is 22.9 Å². The van der Waals surface area contributed by atoms with Gasteiger partial charge in [0.15, 0.2) is 0 Å². The van der Waals surface area contributed by atoms with Crippen LogP contribution < -0.4 is 10.6 Å². The molecule has 0 aliphatic carbocycles. The van der Waals surface area contributed by atoms with E-state index in [9.17, 15) is 14.7 Å². The van der Waals surface area contributed by atoms with Crippen LogP contribution in [0.25, 0.3) is 0 Å². The van der Waals surface area contributed by atoms with Gasteiger partial charge < -0.3 is 15.7 Å². The third-order valence-corrected chi connectivity index (χ3v) is 3.61. The van der Waals surface area contributed by atoms with E-state index in [2.05, 4.69) is 10.6 Å². The van der Waals surface area contributed by atoms with E-state index in [-0.39, 0.29) is 6.54 Å². The van der Waals surface area contributed by atoms with E-state index < -0.39 is 17.9 Å². The molecule has 0 aliphatic rings. The first-order chi connectivity index (χ1) is 10.1. The zero-order valence-electron chi connectivity index (χ0n) is 10.9. The van der Waals surface area contributed by atoms with Crippen LogP contribution in [0, 0.1) is 0 Å². The molecule has 1 atom stereocenters. The number of benzene rings is 1. The van der Waals surface area contributed by atoms with Crippen LogP contribution in [0.3, 0.4) is 0 Å². The molecule has 5 nitrogen and oxygen atoms in total. The van der Waals surface area contributed by atoms with Gasteiger partial charge in [0.05, 0.1) is 6.10 Å². The van der Waals surface area contributed by atoms with Crippen molar-refractivity contribution in [3.05, 3.63) is 51.7 Å². The molecule has 0 saturated heterocycles. The number of amides is 2. The highest BCUT2D eigenvalue weighted by molar-refractivity contribution is 7.07. The normalized spacial score (nSPS) is 11.7. The van der Waals surface area contributed by atoms with Gasteiger partial charge in [-0.25, -0.2) is 0 Å². The van der Waals surface area contributed by atoms with Gasteiger partial charge in [0.25, 0.3) is 0 Å². The molecule has 0 bridgehead atoms. The Morgan fingerprint density at radius 2 is 2.10 bits per heavy atom. The molecule has 0 aliphatic heterocycles. The second-order valence-electron chi connectivity index (χ2n) is 4.25. The minimum Gasteiger partial charge on any atom is -0.387 e. The maximum Gasteiger partial charge on any atom is 0.313 e. The third kappa shape index (κ3) is 4.56. The van der Waals surface area contributed by atoms with Crippen LogP contribution in [0.1, 0.15) is 11.7 Å². The van der Waals surface area contributed by atoms with Crippen molar-refractivity contribution in [3.8, 4) is 0 Å². The Hall–Kier alpha value is -1.89. The van der Waals surface area contributed by atoms with Crippen LogP contribution in [0.5, 0.6) is 0 Å². The van der Waals surface area contributed by atoms with Crippen molar-refractivity contribution in [2.24, 2.45) is 0 Å². The highest BCUT2D eigenvalue weighted by Gasteiger charge is 2.16. The number of aliphatic hydroxyl groups excluding tert-OH is 1. The second kappa shape index (κ2) is 7.21. The Balaban J connectivity index is 1.84. The average molecular weight is 325 g/mol. The summed E-state index contributed by atoms with van der Waals surface area (Å²) in [4.78, 5) is 23.3. The Bertz CT molecular complexity index is 631. The van der Waals surface area contributed by atoms with Crippen LogP contribution in [0.15, 0.2) is 41.1 Å². The first kappa shape index (κ1) is 15.5. The van der Waals surface area contributed by atoms with Gasteiger partial charge in [-0.2, -0.15) is 11.3 Å². The Morgan fingerprint density at radius 1 is 1.29 bits per heavy atom. The van der Waals surface area contributed by atoms with Crippen LogP contribution in [-0.2, 0) is 9.59 Å². The molecule has 21 heavy (non-hydrogen) atoms. The lowest BCUT2D eigenvalue weighted by Crippen LogP contribution is -2.37. The predicted molar refractivity (Wildman–Crippen MR) is 82.4 cm³/mol. The number of thiophene rings is 1. The van der Waals surface area contributed by atoms with Crippen molar-refractivity contribution in [2.75, 3.05) is 11.9 Å². The summed E-state index contributed by atoms with van der Waals surface area (Å²) < 4.78 is 0. The van der Waals surface area contributed by atoms with Crippen LogP contribution in [0.2, 0.25) is 5.02 Å². The molecular weight excluding hydrogens is 312 g/mol. The smallest absolute Gasteiger partial charge is 0.313 e. The Labute approximate surface area is 130 Å². The third-order valence-electron chi connectivity index (χ3n) is 2.67. The van der Waals surface area contributed by atoms with E-state index in [1.54, 1.807) is 29.6 Å². The van der Waals surface area contributed by atoms with E-state index >= 15 is 0 Å². The quantitative estimate of drug-likeness (QED) is 0.754. The van der Waals surface area contributed by atoms with Crippen molar-refractivity contribution < 1.29 is 14.7 Å². The minimum atomic E-state index is -0.834. The van der Waals surface area contributed by atoms with E-state index in [0.29, 0.717) is 16.3 Å². The zero-order valence-corrected chi connectivity index (χ0v) is 12.4. The van der Waals surface area contributed by atoms with E-state index in [0.717, 1.165) is 0 Å². The molecule has 0 fully saturated rings. The fraction of sp³-hybridized carbons (Fsp3) is 0.143. The summed E-state index contributed by atoms with van der Waals surface area (Å²) in [6.45, 7) is -0.0292. The van der Waals surface area contributed by atoms with E-state index in [4.69, 9.17) is 11.6 Å². The highest BCUT2D eigenvalue weighted by Crippen LogP contribution is 2.16. The lowest BCUT2D eigenvalue weighted by Gasteiger charge is -2.10. The lowest BCUT2D eigenvalue weighted by atomic mass is 10.2. The van der Waals surface area contributed by atoms with Gasteiger partial charge in [-0.3, -0.25) is 9.59 Å². The average Bonchev–Trinajstić information content (AvgIpc) is 2.98. The monoisotopic (exact) mass is 324 g/mol. The zero-order chi connectivity index (χ0) is 15.2. The molecule has 3 N–H and O–H groups in total. The fourth-order valence-electron chi connectivity index (χ4n) is 1.61. The van der Waals surface area contributed by atoms with Crippen molar-refractivity contribution in [1.82, 2.24) is 5.32 Å². The van der Waals surface area contributed by atoms with Crippen molar-refractivity contribution in [3.63, 3.8) is 0 Å². The molecular formula is C14H13ClN2O3S. The molecule has 1 heterocycles. The van der Waals surface area contributed by atoms with E-state index in [1.165, 1.54) is 17.4 Å². The lowest BCUT2D eigenvalue weighted by molar-refractivity contribution is -0.136. The molecule has 0 saturated carbocycles. The molecule has 0 spiro atoms. The molecule has 2 rings (SSSR count). The Morgan fingerprint density at radius 3 is 2.76 bits per heavy atom. The summed E-state index contributed by atoms with van der Waals surface area (Å²) >= 11 is 7.23. The highest BCUT2D eigenvalue weighted by atomic mass is 35.5. The topological polar surface area (TPSA) is 78.4 Å². The number of carbonyl (C=O) groups excluding carboxylic acids is 2. The molecule has 1 aromatic carbocycles. The number of anilines is 1. The summed E-state index contributed by atoms with van der Waals surface area (Å²) in [6, 6.07) is 8.24. The number of carbonyl (C=O) groups is 2. The second-order valence-corrected chi connectivity index (χ2v) is 5.46. The van der Waals surface area contributed by atoms with Gasteiger partial charge in [0.2, 0.25) is 0 Å². The standard InChI is InChI=1S/C14H13ClN2O3S/c15-10-2-1-3-11(6-10)17-14(20)13(19)16-7-12(18)9-4-5-21-8-9/h1-6,8,12,18H,7H2,(H,16,19)(H,17,20). The number of rotatable bonds is 4. The van der Waals surface area contributed by atoms with Gasteiger partial charge in [-0.15, -0.1) is 0 Å². The molecule has 110 valence electrons. The maximum atomic E-state index is 11.7. The summed E-state index contributed by atoms with van der Waals surface area (Å²) in [5, 5.41) is 18.7. The molecule has 2 amide bonds. The summed E-state index contributed by atoms with van der Waals surface area (Å²) in [5.74, 6) is -1.63. The van der Waals surface area contributed by atoms with E-state index in [1.807, 2.05) is 5.38 Å². The summed E-state index contributed by atoms with van der Waals surface area (Å²) in [6.07, 6.45) is -0.834. The molecule has 2 aromatic rings. The molecule has 1 aromatic heterocycles. The number of aliphatic hydroxyl groups is 1. The first-order valence-electron chi connectivity index (χ1n) is 6.11. The maximum absolute atomic E-state index is 11.7. The summed E-state index contributed by atoms with van der Waals surface area (Å²) in [7, 11) is 0. The van der Waals surface area contributed by atoms with Crippen molar-refractivity contribution >= 4 is 40.4 Å². The number of halogens is 1. The number of nitrogens with one attached hydrogen (secondary N) is 2. The summed E-state index contributed by atoms with van der Waals surface area (Å²) in [5.41, 5.74) is 1.14. The number of hydrogen-bond donors (Lipinski definition) is 3. The Kier molecular flexibility index (Phi) is 5.32. The van der Waals surface area contributed by atoms with Gasteiger partial charge in [-0.05, 0) is 40.6 Å². The molecule has 0 radical (unpaired) electrons. The molecule has 1 unspecified atom stereocenters. The first-order valence-corrected chi connectivity index (χ1v) is 7.43. The van der Waals surface area contributed by atoms with Crippen LogP contribution in [0.4, 0.5) is 5.69 Å². The van der Waals surface area contributed by atoms with Crippen molar-refractivity contribution in [1.29, 1.82) is 0 Å². The largest absolute Gasteiger partial charge is 0.387 e. The SMILES string of the molecule is O=C(NCC(O)c1ccsc1)C(=O)Nc1cccc(Cl)c1. The van der Waals surface area contributed by atoms with Gasteiger partial charge >= 0.3 is 11.8 Å². The van der Waals surface area contributed by atoms with Gasteiger partial charge in [-0.1, -0.05) is 17.7 Å². The predicted octanol–water partition coefficient (Wildman–Crippen LogP) is 2.19. The van der Waals surface area contributed by atoms with Crippen molar-refractivity contribution in [2.45, 2.75) is 6.10 Å². The molecule has 7 heteroatoms. The number of hydrogen-bond acceptors (Lipinski definition) is 4.